The summed E-state index contributed by atoms with van der Waals surface area (Å²) >= 11 is 3.31. The highest BCUT2D eigenvalue weighted by Crippen LogP contribution is 2.21. The lowest BCUT2D eigenvalue weighted by Crippen LogP contribution is -2.62. The Bertz CT molecular complexity index is 823. The summed E-state index contributed by atoms with van der Waals surface area (Å²) in [4.78, 5) is 31.2. The number of rotatable bonds is 6. The zero-order valence-corrected chi connectivity index (χ0v) is 16.7. The van der Waals surface area contributed by atoms with Crippen LogP contribution in [0.25, 0.3) is 0 Å². The van der Waals surface area contributed by atoms with Gasteiger partial charge in [0.25, 0.3) is 17.8 Å². The van der Waals surface area contributed by atoms with E-state index < -0.39 is 24.1 Å². The third-order valence-electron chi connectivity index (χ3n) is 4.39. The summed E-state index contributed by atoms with van der Waals surface area (Å²) < 4.78 is 12.7. The second kappa shape index (κ2) is 7.65. The first-order chi connectivity index (χ1) is 12.8. The first kappa shape index (κ1) is 19.3. The number of halogens is 1. The number of amidine groups is 2. The Balaban J connectivity index is 1.65. The van der Waals surface area contributed by atoms with Crippen molar-refractivity contribution in [1.29, 1.82) is 0 Å². The molecule has 0 aromatic heterocycles. The SMILES string of the molecule is COc1ccc(OCC(O)C[N+]2=C(Br)N=C3C2C(=O)N(C)C(=O)N3C)cc1. The molecule has 1 aromatic rings. The van der Waals surface area contributed by atoms with Crippen molar-refractivity contribution in [3.63, 3.8) is 0 Å². The van der Waals surface area contributed by atoms with Crippen LogP contribution in [0.3, 0.4) is 0 Å². The predicted octanol–water partition coefficient (Wildman–Crippen LogP) is 0.503. The minimum Gasteiger partial charge on any atom is -0.497 e. The number of benzene rings is 1. The Morgan fingerprint density at radius 3 is 2.48 bits per heavy atom. The molecule has 2 unspecified atom stereocenters. The number of imide groups is 1. The van der Waals surface area contributed by atoms with E-state index >= 15 is 0 Å². The van der Waals surface area contributed by atoms with Gasteiger partial charge in [0.2, 0.25) is 0 Å². The number of carbonyl (C=O) groups is 2. The van der Waals surface area contributed by atoms with Crippen molar-refractivity contribution >= 4 is 38.4 Å². The number of amides is 3. The summed E-state index contributed by atoms with van der Waals surface area (Å²) in [5.41, 5.74) is 0. The number of urea groups is 1. The molecule has 9 nitrogen and oxygen atoms in total. The molecule has 144 valence electrons. The fourth-order valence-electron chi connectivity index (χ4n) is 2.89. The summed E-state index contributed by atoms with van der Waals surface area (Å²) in [5.74, 6) is 1.24. The molecule has 0 spiro atoms. The zero-order valence-electron chi connectivity index (χ0n) is 15.1. The van der Waals surface area contributed by atoms with Crippen LogP contribution >= 0.6 is 15.9 Å². The van der Waals surface area contributed by atoms with Crippen molar-refractivity contribution in [2.45, 2.75) is 12.1 Å². The molecule has 1 fully saturated rings. The van der Waals surface area contributed by atoms with Gasteiger partial charge in [-0.05, 0) is 29.3 Å². The average Bonchev–Trinajstić information content (AvgIpc) is 2.99. The number of aliphatic imine (C=N–C) groups is 1. The van der Waals surface area contributed by atoms with Gasteiger partial charge in [-0.1, -0.05) is 0 Å². The number of hydrogen-bond donors (Lipinski definition) is 1. The van der Waals surface area contributed by atoms with Gasteiger partial charge in [-0.3, -0.25) is 14.6 Å². The standard InChI is InChI=1S/C17H20BrN4O5/c1-20-14-13(15(24)21(2)17(20)25)22(16(18)19-14)8-10(23)9-27-12-6-4-11(26-3)5-7-12/h4-7,10,13,23H,8-9H2,1-3H3/q+1. The molecule has 0 radical (unpaired) electrons. The second-order valence-electron chi connectivity index (χ2n) is 6.17. The first-order valence-corrected chi connectivity index (χ1v) is 9.00. The smallest absolute Gasteiger partial charge is 0.364 e. The molecular weight excluding hydrogens is 420 g/mol. The van der Waals surface area contributed by atoms with Crippen molar-refractivity contribution in [2.24, 2.45) is 4.99 Å². The fraction of sp³-hybridized carbons (Fsp3) is 0.412. The van der Waals surface area contributed by atoms with Gasteiger partial charge >= 0.3 is 10.8 Å². The first-order valence-electron chi connectivity index (χ1n) is 8.21. The summed E-state index contributed by atoms with van der Waals surface area (Å²) in [7, 11) is 4.56. The third kappa shape index (κ3) is 3.67. The van der Waals surface area contributed by atoms with Crippen LogP contribution < -0.4 is 9.47 Å². The molecular formula is C17H20BrN4O5+. The van der Waals surface area contributed by atoms with Gasteiger partial charge in [0.1, 0.15) is 30.8 Å². The largest absolute Gasteiger partial charge is 0.497 e. The molecule has 2 aliphatic heterocycles. The molecule has 1 saturated heterocycles. The molecule has 2 atom stereocenters. The Labute approximate surface area is 164 Å². The van der Waals surface area contributed by atoms with E-state index in [0.29, 0.717) is 22.1 Å². The van der Waals surface area contributed by atoms with E-state index in [4.69, 9.17) is 9.47 Å². The van der Waals surface area contributed by atoms with Crippen molar-refractivity contribution in [1.82, 2.24) is 9.80 Å². The molecule has 0 saturated carbocycles. The quantitative estimate of drug-likeness (QED) is 0.514. The lowest BCUT2D eigenvalue weighted by molar-refractivity contribution is -0.541. The van der Waals surface area contributed by atoms with Crippen molar-refractivity contribution in [3.05, 3.63) is 24.3 Å². The van der Waals surface area contributed by atoms with Crippen LogP contribution in [-0.4, -0.2) is 88.5 Å². The van der Waals surface area contributed by atoms with Crippen LogP contribution in [0.4, 0.5) is 4.79 Å². The highest BCUT2D eigenvalue weighted by molar-refractivity contribution is 9.18. The van der Waals surface area contributed by atoms with Gasteiger partial charge in [-0.25, -0.2) is 9.37 Å². The third-order valence-corrected chi connectivity index (χ3v) is 5.02. The molecule has 10 heteroatoms. The fourth-order valence-corrected chi connectivity index (χ4v) is 3.42. The molecule has 0 aliphatic carbocycles. The number of ether oxygens (including phenoxy) is 2. The molecule has 3 rings (SSSR count). The summed E-state index contributed by atoms with van der Waals surface area (Å²) in [5, 5.41) is 10.4. The highest BCUT2D eigenvalue weighted by Gasteiger charge is 2.52. The van der Waals surface area contributed by atoms with Crippen molar-refractivity contribution in [2.75, 3.05) is 34.4 Å². The van der Waals surface area contributed by atoms with E-state index in [0.717, 1.165) is 4.90 Å². The minimum absolute atomic E-state index is 0.0317. The number of aliphatic hydroxyl groups is 1. The van der Waals surface area contributed by atoms with Crippen molar-refractivity contribution in [3.8, 4) is 11.5 Å². The summed E-state index contributed by atoms with van der Waals surface area (Å²) in [6.07, 6.45) is -0.879. The number of hydrogen-bond acceptors (Lipinski definition) is 6. The number of methoxy groups -OCH3 is 1. The van der Waals surface area contributed by atoms with E-state index in [1.54, 1.807) is 43.0 Å². The Morgan fingerprint density at radius 2 is 1.85 bits per heavy atom. The maximum atomic E-state index is 12.5. The monoisotopic (exact) mass is 439 g/mol. The van der Waals surface area contributed by atoms with Crippen LogP contribution in [0.1, 0.15) is 0 Å². The Kier molecular flexibility index (Phi) is 5.47. The number of fused-ring (bicyclic) bond motifs is 1. The zero-order chi connectivity index (χ0) is 19.7. The van der Waals surface area contributed by atoms with Gasteiger partial charge < -0.3 is 14.6 Å². The number of aliphatic hydroxyl groups excluding tert-OH is 1. The molecule has 1 aromatic carbocycles. The average molecular weight is 440 g/mol. The van der Waals surface area contributed by atoms with E-state index in [2.05, 4.69) is 20.9 Å². The molecule has 1 N–H and O–H groups in total. The van der Waals surface area contributed by atoms with Crippen LogP contribution in [-0.2, 0) is 4.79 Å². The van der Waals surface area contributed by atoms with Crippen LogP contribution in [0.5, 0.6) is 11.5 Å². The van der Waals surface area contributed by atoms with Gasteiger partial charge in [0.15, 0.2) is 0 Å². The predicted molar refractivity (Wildman–Crippen MR) is 101 cm³/mol. The molecule has 3 amide bonds. The highest BCUT2D eigenvalue weighted by atomic mass is 79.9. The summed E-state index contributed by atoms with van der Waals surface area (Å²) in [6.45, 7) is 0.139. The lowest BCUT2D eigenvalue weighted by Gasteiger charge is -2.30. The van der Waals surface area contributed by atoms with Gasteiger partial charge in [-0.2, -0.15) is 0 Å². The van der Waals surface area contributed by atoms with Crippen LogP contribution in [0.15, 0.2) is 29.3 Å². The van der Waals surface area contributed by atoms with Crippen LogP contribution in [0, 0.1) is 0 Å². The Hall–Kier alpha value is -2.46. The van der Waals surface area contributed by atoms with E-state index in [1.165, 1.54) is 11.9 Å². The molecule has 27 heavy (non-hydrogen) atoms. The molecule has 0 bridgehead atoms. The van der Waals surface area contributed by atoms with Gasteiger partial charge in [0.05, 0.1) is 23.0 Å². The Morgan fingerprint density at radius 1 is 1.22 bits per heavy atom. The van der Waals surface area contributed by atoms with Gasteiger partial charge in [0, 0.05) is 14.1 Å². The van der Waals surface area contributed by atoms with E-state index in [9.17, 15) is 14.7 Å². The van der Waals surface area contributed by atoms with E-state index in [-0.39, 0.29) is 13.2 Å². The molecule has 2 heterocycles. The van der Waals surface area contributed by atoms with E-state index in [1.807, 2.05) is 0 Å². The lowest BCUT2D eigenvalue weighted by atomic mass is 10.1. The number of carbonyl (C=O) groups excluding carboxylic acids is 2. The topological polar surface area (TPSA) is 94.7 Å². The minimum atomic E-state index is -0.879. The number of nitrogens with zero attached hydrogens (tertiary/aromatic N) is 4. The second-order valence-corrected chi connectivity index (χ2v) is 6.88. The molecule has 2 aliphatic rings. The normalized spacial score (nSPS) is 20.6. The number of β-amino-alcohol motifs (C(OH)–C–C–N with tert-alkyl or cyclic N) is 1. The van der Waals surface area contributed by atoms with Crippen molar-refractivity contribution < 1.29 is 28.7 Å². The van der Waals surface area contributed by atoms with Crippen LogP contribution in [0.2, 0.25) is 0 Å². The van der Waals surface area contributed by atoms with Gasteiger partial charge in [-0.15, -0.1) is 0 Å². The maximum Gasteiger partial charge on any atom is 0.364 e. The maximum absolute atomic E-state index is 12.5. The number of likely N-dealkylation sites (N-methyl/N-ethyl adjacent to an activating group) is 2. The summed E-state index contributed by atoms with van der Waals surface area (Å²) in [6, 6.07) is 5.80.